The maximum Gasteiger partial charge on any atom is 0.146 e. The van der Waals surface area contributed by atoms with Crippen molar-refractivity contribution in [2.45, 2.75) is 33.3 Å². The van der Waals surface area contributed by atoms with Crippen molar-refractivity contribution in [3.05, 3.63) is 42.5 Å². The molecule has 0 aliphatic carbocycles. The van der Waals surface area contributed by atoms with Crippen LogP contribution in [0.1, 0.15) is 27.2 Å². The van der Waals surface area contributed by atoms with E-state index in [1.54, 1.807) is 30.7 Å². The number of hydrogen-bond donors (Lipinski definition) is 1. The van der Waals surface area contributed by atoms with Gasteiger partial charge in [-0.25, -0.2) is 18.6 Å². The van der Waals surface area contributed by atoms with Crippen LogP contribution in [0, 0.1) is 5.82 Å². The molecular weight excluding hydrogens is 419 g/mol. The Hall–Kier alpha value is -2.94. The van der Waals surface area contributed by atoms with Crippen molar-refractivity contribution in [3.8, 4) is 11.5 Å². The molecule has 0 aliphatic heterocycles. The quantitative estimate of drug-likeness (QED) is 0.495. The summed E-state index contributed by atoms with van der Waals surface area (Å²) >= 11 is 0. The van der Waals surface area contributed by atoms with E-state index in [0.717, 1.165) is 6.42 Å². The van der Waals surface area contributed by atoms with Crippen molar-refractivity contribution in [3.63, 3.8) is 0 Å². The van der Waals surface area contributed by atoms with Gasteiger partial charge in [0, 0.05) is 34.4 Å². The van der Waals surface area contributed by atoms with Crippen LogP contribution in [0.5, 0.6) is 11.5 Å². The number of aromatic nitrogens is 2. The Labute approximate surface area is 182 Å². The predicted molar refractivity (Wildman–Crippen MR) is 123 cm³/mol. The van der Waals surface area contributed by atoms with Crippen LogP contribution in [0.2, 0.25) is 0 Å². The molecule has 2 aromatic carbocycles. The second-order valence-corrected chi connectivity index (χ2v) is 9.91. The lowest BCUT2D eigenvalue weighted by Gasteiger charge is -2.18. The van der Waals surface area contributed by atoms with Crippen LogP contribution >= 0.6 is 0 Å². The van der Waals surface area contributed by atoms with Gasteiger partial charge in [-0.1, -0.05) is 6.92 Å². The molecule has 7 nitrogen and oxygen atoms in total. The van der Waals surface area contributed by atoms with Gasteiger partial charge in [0.05, 0.1) is 35.0 Å². The highest BCUT2D eigenvalue weighted by Crippen LogP contribution is 2.37. The topological polar surface area (TPSA) is 85.7 Å². The van der Waals surface area contributed by atoms with Crippen molar-refractivity contribution in [2.75, 3.05) is 24.4 Å². The lowest BCUT2D eigenvalue weighted by molar-refractivity contribution is 0.218. The zero-order valence-corrected chi connectivity index (χ0v) is 19.1. The van der Waals surface area contributed by atoms with Crippen molar-refractivity contribution >= 4 is 37.8 Å². The molecule has 1 aromatic heterocycles. The maximum atomic E-state index is 13.9. The van der Waals surface area contributed by atoms with Gasteiger partial charge >= 0.3 is 0 Å². The van der Waals surface area contributed by atoms with Gasteiger partial charge in [-0.2, -0.15) is 4.36 Å². The highest BCUT2D eigenvalue weighted by molar-refractivity contribution is 7.92. The first-order chi connectivity index (χ1) is 14.7. The van der Waals surface area contributed by atoms with E-state index in [2.05, 4.69) is 19.6 Å². The lowest BCUT2D eigenvalue weighted by Crippen LogP contribution is -2.11. The molecule has 31 heavy (non-hydrogen) atoms. The van der Waals surface area contributed by atoms with E-state index in [1.165, 1.54) is 18.5 Å². The summed E-state index contributed by atoms with van der Waals surface area (Å²) in [4.78, 5) is 8.71. The van der Waals surface area contributed by atoms with Crippen molar-refractivity contribution in [1.82, 2.24) is 9.97 Å². The van der Waals surface area contributed by atoms with Crippen molar-refractivity contribution in [2.24, 2.45) is 4.36 Å². The van der Waals surface area contributed by atoms with Gasteiger partial charge in [-0.05, 0) is 38.5 Å². The summed E-state index contributed by atoms with van der Waals surface area (Å²) in [5.74, 6) is 0.995. The molecule has 0 saturated carbocycles. The van der Waals surface area contributed by atoms with Gasteiger partial charge in [0.1, 0.15) is 29.5 Å². The minimum Gasteiger partial charge on any atom is -0.493 e. The van der Waals surface area contributed by atoms with Crippen LogP contribution in [0.25, 0.3) is 10.9 Å². The van der Waals surface area contributed by atoms with Gasteiger partial charge in [-0.15, -0.1) is 0 Å². The molecule has 0 aliphatic rings. The number of rotatable bonds is 8. The fourth-order valence-corrected chi connectivity index (χ4v) is 3.55. The molecule has 0 fully saturated rings. The largest absolute Gasteiger partial charge is 0.493 e. The summed E-state index contributed by atoms with van der Waals surface area (Å²) in [5, 5.41) is 3.87. The minimum absolute atomic E-state index is 0.0782. The molecule has 3 aromatic rings. The Morgan fingerprint density at radius 2 is 1.94 bits per heavy atom. The maximum absolute atomic E-state index is 13.9. The van der Waals surface area contributed by atoms with Crippen molar-refractivity contribution in [1.29, 1.82) is 0 Å². The third-order valence-electron chi connectivity index (χ3n) is 4.41. The smallest absolute Gasteiger partial charge is 0.146 e. The average molecular weight is 447 g/mol. The SMILES string of the molecule is CCOc1cc(N=S(C)(C)=O)cc2ncnc(Nc3ccc(F)cc3OC(C)CC)c12. The first-order valence-electron chi connectivity index (χ1n) is 10.0. The molecule has 1 heterocycles. The molecule has 0 saturated heterocycles. The van der Waals surface area contributed by atoms with E-state index in [4.69, 9.17) is 9.47 Å². The summed E-state index contributed by atoms with van der Waals surface area (Å²) in [5.41, 5.74) is 1.67. The summed E-state index contributed by atoms with van der Waals surface area (Å²) in [6.45, 7) is 6.20. The third-order valence-corrected chi connectivity index (χ3v) is 5.06. The number of hydrogen-bond acceptors (Lipinski definition) is 7. The Bertz CT molecular complexity index is 1200. The van der Waals surface area contributed by atoms with Crippen LogP contribution in [0.15, 0.2) is 41.0 Å². The predicted octanol–water partition coefficient (Wildman–Crippen LogP) is 5.45. The number of halogens is 1. The minimum atomic E-state index is -2.35. The lowest BCUT2D eigenvalue weighted by atomic mass is 10.2. The monoisotopic (exact) mass is 446 g/mol. The average Bonchev–Trinajstić information content (AvgIpc) is 2.68. The van der Waals surface area contributed by atoms with Crippen LogP contribution in [0.4, 0.5) is 21.6 Å². The summed E-state index contributed by atoms with van der Waals surface area (Å²) < 4.78 is 42.0. The summed E-state index contributed by atoms with van der Waals surface area (Å²) in [6, 6.07) is 7.76. The molecule has 9 heteroatoms. The molecule has 166 valence electrons. The van der Waals surface area contributed by atoms with Gasteiger partial charge in [0.15, 0.2) is 0 Å². The summed E-state index contributed by atoms with van der Waals surface area (Å²) in [7, 11) is -2.35. The highest BCUT2D eigenvalue weighted by Gasteiger charge is 2.16. The molecule has 0 amide bonds. The van der Waals surface area contributed by atoms with Gasteiger partial charge in [0.25, 0.3) is 0 Å². The normalized spacial score (nSPS) is 12.5. The highest BCUT2D eigenvalue weighted by atomic mass is 32.2. The van der Waals surface area contributed by atoms with Gasteiger partial charge in [0.2, 0.25) is 0 Å². The molecule has 3 rings (SSSR count). The second-order valence-electron chi connectivity index (χ2n) is 7.37. The number of nitrogens with one attached hydrogen (secondary N) is 1. The van der Waals surface area contributed by atoms with E-state index in [-0.39, 0.29) is 11.9 Å². The van der Waals surface area contributed by atoms with Crippen LogP contribution in [0.3, 0.4) is 0 Å². The Kier molecular flexibility index (Phi) is 6.94. The molecule has 0 radical (unpaired) electrons. The zero-order chi connectivity index (χ0) is 22.6. The standard InChI is InChI=1S/C22H27FN4O3S/c1-6-14(3)30-19-10-15(23)8-9-17(19)26-22-21-18(24-13-25-22)11-16(27-31(4,5)28)12-20(21)29-7-2/h8-14H,6-7H2,1-5H3,(H,24,25,26). The van der Waals surface area contributed by atoms with E-state index < -0.39 is 9.73 Å². The van der Waals surface area contributed by atoms with Crippen LogP contribution < -0.4 is 14.8 Å². The zero-order valence-electron chi connectivity index (χ0n) is 18.3. The Morgan fingerprint density at radius 1 is 1.16 bits per heavy atom. The number of fused-ring (bicyclic) bond motifs is 1. The number of benzene rings is 2. The van der Waals surface area contributed by atoms with Crippen LogP contribution in [-0.2, 0) is 9.73 Å². The Morgan fingerprint density at radius 3 is 2.61 bits per heavy atom. The molecule has 0 spiro atoms. The molecule has 1 atom stereocenters. The van der Waals surface area contributed by atoms with Gasteiger partial charge < -0.3 is 14.8 Å². The van der Waals surface area contributed by atoms with E-state index in [1.807, 2.05) is 20.8 Å². The Balaban J connectivity index is 2.13. The molecular formula is C22H27FN4O3S. The first kappa shape index (κ1) is 22.7. The fourth-order valence-electron chi connectivity index (χ4n) is 2.94. The summed E-state index contributed by atoms with van der Waals surface area (Å²) in [6.07, 6.45) is 5.25. The van der Waals surface area contributed by atoms with E-state index in [0.29, 0.717) is 46.2 Å². The number of ether oxygens (including phenoxy) is 2. The molecule has 1 N–H and O–H groups in total. The molecule has 0 bridgehead atoms. The first-order valence-corrected chi connectivity index (χ1v) is 12.3. The molecule has 1 unspecified atom stereocenters. The van der Waals surface area contributed by atoms with E-state index in [9.17, 15) is 8.60 Å². The number of anilines is 2. The third kappa shape index (κ3) is 5.81. The second kappa shape index (κ2) is 9.47. The van der Waals surface area contributed by atoms with Gasteiger partial charge in [-0.3, -0.25) is 0 Å². The van der Waals surface area contributed by atoms with Crippen molar-refractivity contribution < 1.29 is 18.1 Å². The fraction of sp³-hybridized carbons (Fsp3) is 0.364. The number of nitrogens with zero attached hydrogens (tertiary/aromatic N) is 3. The van der Waals surface area contributed by atoms with E-state index >= 15 is 0 Å². The van der Waals surface area contributed by atoms with Crippen LogP contribution in [-0.4, -0.2) is 39.4 Å².